The number of aromatic amines is 1. The van der Waals surface area contributed by atoms with Gasteiger partial charge in [0, 0.05) is 32.1 Å². The number of piperidine rings is 1. The number of aromatic nitrogens is 2. The van der Waals surface area contributed by atoms with E-state index in [-0.39, 0.29) is 27.3 Å². The molecule has 1 amide bonds. The smallest absolute Gasteiger partial charge is 0.255 e. The highest BCUT2D eigenvalue weighted by Gasteiger charge is 2.30. The number of benzene rings is 2. The molecule has 1 aliphatic heterocycles. The molecular formula is C23H27ClN4O3S. The molecule has 4 rings (SSSR count). The van der Waals surface area contributed by atoms with Crippen LogP contribution < -0.4 is 0 Å². The molecule has 0 bridgehead atoms. The summed E-state index contributed by atoms with van der Waals surface area (Å²) in [7, 11) is -3.68. The molecule has 32 heavy (non-hydrogen) atoms. The molecule has 1 aliphatic rings. The minimum Gasteiger partial charge on any atom is -0.342 e. The van der Waals surface area contributed by atoms with E-state index in [1.54, 1.807) is 18.7 Å². The summed E-state index contributed by atoms with van der Waals surface area (Å²) in [5.41, 5.74) is 2.09. The first-order chi connectivity index (χ1) is 15.3. The predicted molar refractivity (Wildman–Crippen MR) is 126 cm³/mol. The van der Waals surface area contributed by atoms with Crippen LogP contribution in [-0.4, -0.2) is 59.7 Å². The third kappa shape index (κ3) is 4.27. The van der Waals surface area contributed by atoms with Gasteiger partial charge >= 0.3 is 0 Å². The van der Waals surface area contributed by atoms with Crippen molar-refractivity contribution in [1.29, 1.82) is 0 Å². The third-order valence-corrected chi connectivity index (χ3v) is 8.39. The first-order valence-electron chi connectivity index (χ1n) is 10.9. The van der Waals surface area contributed by atoms with Crippen LogP contribution >= 0.6 is 11.6 Å². The topological polar surface area (TPSA) is 86.4 Å². The summed E-state index contributed by atoms with van der Waals surface area (Å²) in [5.74, 6) is 0.696. The highest BCUT2D eigenvalue weighted by molar-refractivity contribution is 7.89. The maximum Gasteiger partial charge on any atom is 0.255 e. The summed E-state index contributed by atoms with van der Waals surface area (Å²) in [5, 5.41) is 0.249. The molecular weight excluding hydrogens is 448 g/mol. The number of nitrogens with zero attached hydrogens (tertiary/aromatic N) is 3. The molecule has 1 saturated heterocycles. The highest BCUT2D eigenvalue weighted by atomic mass is 35.5. The Kier molecular flexibility index (Phi) is 6.55. The van der Waals surface area contributed by atoms with Gasteiger partial charge in [-0.3, -0.25) is 4.79 Å². The van der Waals surface area contributed by atoms with Crippen LogP contribution in [0.2, 0.25) is 5.02 Å². The van der Waals surface area contributed by atoms with Crippen molar-refractivity contribution in [3.8, 4) is 0 Å². The lowest BCUT2D eigenvalue weighted by molar-refractivity contribution is 0.0705. The Bertz CT molecular complexity index is 1200. The van der Waals surface area contributed by atoms with E-state index < -0.39 is 10.0 Å². The molecule has 0 radical (unpaired) electrons. The Morgan fingerprint density at radius 3 is 2.69 bits per heavy atom. The van der Waals surface area contributed by atoms with Crippen LogP contribution in [0.1, 0.15) is 48.8 Å². The van der Waals surface area contributed by atoms with Gasteiger partial charge in [-0.25, -0.2) is 13.4 Å². The number of fused-ring (bicyclic) bond motifs is 1. The number of hydrogen-bond acceptors (Lipinski definition) is 4. The molecule has 0 aliphatic carbocycles. The third-order valence-electron chi connectivity index (χ3n) is 6.01. The number of rotatable bonds is 6. The van der Waals surface area contributed by atoms with Gasteiger partial charge < -0.3 is 9.88 Å². The second kappa shape index (κ2) is 9.21. The van der Waals surface area contributed by atoms with Crippen LogP contribution in [0.25, 0.3) is 11.0 Å². The highest BCUT2D eigenvalue weighted by Crippen LogP contribution is 2.30. The number of amides is 1. The van der Waals surface area contributed by atoms with Crippen LogP contribution in [0, 0.1) is 0 Å². The average molecular weight is 475 g/mol. The second-order valence-electron chi connectivity index (χ2n) is 7.96. The van der Waals surface area contributed by atoms with Gasteiger partial charge in [-0.2, -0.15) is 4.31 Å². The molecule has 0 saturated carbocycles. The summed E-state index contributed by atoms with van der Waals surface area (Å²) < 4.78 is 27.2. The van der Waals surface area contributed by atoms with Crippen molar-refractivity contribution < 1.29 is 13.2 Å². The zero-order valence-electron chi connectivity index (χ0n) is 18.2. The maximum atomic E-state index is 13.4. The quantitative estimate of drug-likeness (QED) is 0.578. The van der Waals surface area contributed by atoms with Crippen LogP contribution in [0.5, 0.6) is 0 Å². The number of carbonyl (C=O) groups is 1. The van der Waals surface area contributed by atoms with E-state index in [1.165, 1.54) is 22.5 Å². The number of para-hydroxylation sites is 2. The molecule has 2 aromatic carbocycles. The second-order valence-corrected chi connectivity index (χ2v) is 10.3. The van der Waals surface area contributed by atoms with Crippen LogP contribution in [0.15, 0.2) is 47.4 Å². The Balaban J connectivity index is 1.59. The molecule has 9 heteroatoms. The van der Waals surface area contributed by atoms with Gasteiger partial charge in [0.15, 0.2) is 0 Å². The van der Waals surface area contributed by atoms with E-state index in [0.717, 1.165) is 29.7 Å². The molecule has 170 valence electrons. The maximum absolute atomic E-state index is 13.4. The normalized spacial score (nSPS) is 17.2. The minimum absolute atomic E-state index is 0.0831. The van der Waals surface area contributed by atoms with Crippen molar-refractivity contribution in [2.24, 2.45) is 0 Å². The Morgan fingerprint density at radius 1 is 1.22 bits per heavy atom. The fourth-order valence-corrected chi connectivity index (χ4v) is 5.95. The van der Waals surface area contributed by atoms with Crippen molar-refractivity contribution >= 4 is 38.6 Å². The minimum atomic E-state index is -3.68. The molecule has 1 atom stereocenters. The summed E-state index contributed by atoms with van der Waals surface area (Å²) in [4.78, 5) is 23.3. The summed E-state index contributed by atoms with van der Waals surface area (Å²) in [6.45, 7) is 5.39. The molecule has 2 heterocycles. The number of carbonyl (C=O) groups excluding carboxylic acids is 1. The van der Waals surface area contributed by atoms with Crippen molar-refractivity contribution in [2.75, 3.05) is 26.2 Å². The van der Waals surface area contributed by atoms with Crippen molar-refractivity contribution in [3.05, 3.63) is 58.9 Å². The van der Waals surface area contributed by atoms with Crippen LogP contribution in [0.3, 0.4) is 0 Å². The van der Waals surface area contributed by atoms with Gasteiger partial charge in [0.2, 0.25) is 10.0 Å². The number of halogens is 1. The molecule has 1 fully saturated rings. The van der Waals surface area contributed by atoms with Gasteiger partial charge in [-0.15, -0.1) is 0 Å². The number of imidazole rings is 1. The van der Waals surface area contributed by atoms with Crippen LogP contribution in [0.4, 0.5) is 0 Å². The number of nitrogens with one attached hydrogen (secondary N) is 1. The zero-order valence-corrected chi connectivity index (χ0v) is 19.8. The lowest BCUT2D eigenvalue weighted by atomic mass is 9.96. The van der Waals surface area contributed by atoms with E-state index in [2.05, 4.69) is 4.98 Å². The lowest BCUT2D eigenvalue weighted by Crippen LogP contribution is -2.39. The summed E-state index contributed by atoms with van der Waals surface area (Å²) in [6.07, 6.45) is 1.76. The van der Waals surface area contributed by atoms with Crippen LogP contribution in [-0.2, 0) is 10.0 Å². The molecule has 0 unspecified atom stereocenters. The van der Waals surface area contributed by atoms with E-state index in [0.29, 0.717) is 26.2 Å². The van der Waals surface area contributed by atoms with Gasteiger partial charge in [0.05, 0.1) is 26.5 Å². The fraction of sp³-hybridized carbons (Fsp3) is 0.391. The standard InChI is InChI=1S/C23H27ClN4O3S/c1-3-28(4-2)32(30,31)17-11-12-19(24)18(14-17)23(29)27-13-7-8-16(15-27)22-25-20-9-5-6-10-21(20)26-22/h5-6,9-12,14,16H,3-4,7-8,13,15H2,1-2H3,(H,25,26)/t16-/m1/s1. The predicted octanol–water partition coefficient (Wildman–Crippen LogP) is 4.27. The molecule has 1 N–H and O–H groups in total. The number of H-pyrrole nitrogens is 1. The molecule has 0 spiro atoms. The SMILES string of the molecule is CCN(CC)S(=O)(=O)c1ccc(Cl)c(C(=O)N2CCC[C@@H](c3nc4ccccc4[nH]3)C2)c1. The van der Waals surface area contributed by atoms with Gasteiger partial charge in [-0.1, -0.05) is 37.6 Å². The Hall–Kier alpha value is -2.42. The van der Waals surface area contributed by atoms with E-state index >= 15 is 0 Å². The van der Waals surface area contributed by atoms with Crippen molar-refractivity contribution in [1.82, 2.24) is 19.2 Å². The van der Waals surface area contributed by atoms with E-state index in [1.807, 2.05) is 24.3 Å². The van der Waals surface area contributed by atoms with Gasteiger partial charge in [0.25, 0.3) is 5.91 Å². The van der Waals surface area contributed by atoms with E-state index in [4.69, 9.17) is 16.6 Å². The van der Waals surface area contributed by atoms with Gasteiger partial charge in [-0.05, 0) is 43.2 Å². The van der Waals surface area contributed by atoms with Crippen molar-refractivity contribution in [3.63, 3.8) is 0 Å². The molecule has 3 aromatic rings. The average Bonchev–Trinajstić information content (AvgIpc) is 3.24. The number of likely N-dealkylation sites (tertiary alicyclic amines) is 1. The van der Waals surface area contributed by atoms with E-state index in [9.17, 15) is 13.2 Å². The number of sulfonamides is 1. The Morgan fingerprint density at radius 2 is 1.97 bits per heavy atom. The first kappa shape index (κ1) is 22.8. The fourth-order valence-electron chi connectivity index (χ4n) is 4.26. The Labute approximate surface area is 193 Å². The summed E-state index contributed by atoms with van der Waals surface area (Å²) >= 11 is 6.34. The lowest BCUT2D eigenvalue weighted by Gasteiger charge is -2.32. The molecule has 1 aromatic heterocycles. The monoisotopic (exact) mass is 474 g/mol. The van der Waals surface area contributed by atoms with Gasteiger partial charge in [0.1, 0.15) is 5.82 Å². The number of hydrogen-bond donors (Lipinski definition) is 1. The summed E-state index contributed by atoms with van der Waals surface area (Å²) in [6, 6.07) is 12.2. The largest absolute Gasteiger partial charge is 0.342 e. The zero-order chi connectivity index (χ0) is 22.9. The molecule has 7 nitrogen and oxygen atoms in total. The van der Waals surface area contributed by atoms with Crippen molar-refractivity contribution in [2.45, 2.75) is 37.5 Å². The first-order valence-corrected chi connectivity index (χ1v) is 12.7.